The average molecular weight is 534 g/mol. The van der Waals surface area contributed by atoms with Crippen LogP contribution in [0.4, 0.5) is 4.39 Å². The van der Waals surface area contributed by atoms with E-state index in [0.29, 0.717) is 29.8 Å². The van der Waals surface area contributed by atoms with Crippen molar-refractivity contribution in [3.63, 3.8) is 0 Å². The number of aliphatic carboxylic acids is 1. The molecule has 2 aromatic carbocycles. The summed E-state index contributed by atoms with van der Waals surface area (Å²) in [7, 11) is 0. The summed E-state index contributed by atoms with van der Waals surface area (Å²) in [5.74, 6) is -4.01. The number of carbonyl (C=O) groups excluding carboxylic acids is 2. The summed E-state index contributed by atoms with van der Waals surface area (Å²) >= 11 is 0. The van der Waals surface area contributed by atoms with Crippen molar-refractivity contribution in [2.45, 2.75) is 39.9 Å². The lowest BCUT2D eigenvalue weighted by atomic mass is 9.94. The second kappa shape index (κ2) is 11.4. The number of carboxylic acids is 1. The van der Waals surface area contributed by atoms with Gasteiger partial charge in [-0.25, -0.2) is 14.2 Å². The molecule has 0 radical (unpaired) electrons. The molecule has 10 heteroatoms. The second-order valence-corrected chi connectivity index (χ2v) is 8.84. The highest BCUT2D eigenvalue weighted by atomic mass is 19.1. The quantitative estimate of drug-likeness (QED) is 0.168. The maximum Gasteiger partial charge on any atom is 0.373 e. The van der Waals surface area contributed by atoms with Gasteiger partial charge in [0.05, 0.1) is 11.3 Å². The molecule has 0 aliphatic heterocycles. The lowest BCUT2D eigenvalue weighted by Crippen LogP contribution is -2.31. The van der Waals surface area contributed by atoms with Crippen LogP contribution in [-0.2, 0) is 27.2 Å². The van der Waals surface area contributed by atoms with Crippen LogP contribution in [0.3, 0.4) is 0 Å². The zero-order valence-electron chi connectivity index (χ0n) is 21.7. The summed E-state index contributed by atoms with van der Waals surface area (Å²) in [6.45, 7) is 5.20. The Morgan fingerprint density at radius 3 is 2.41 bits per heavy atom. The van der Waals surface area contributed by atoms with Gasteiger partial charge in [0.2, 0.25) is 5.88 Å². The molecule has 1 unspecified atom stereocenters. The number of nitrogens with two attached hydrogens (primary N) is 1. The normalized spacial score (nSPS) is 11.9. The molecule has 9 nitrogen and oxygen atoms in total. The number of hydrogen-bond acceptors (Lipinski definition) is 6. The van der Waals surface area contributed by atoms with E-state index in [1.54, 1.807) is 36.6 Å². The Morgan fingerprint density at radius 2 is 1.79 bits per heavy atom. The number of rotatable bonds is 11. The summed E-state index contributed by atoms with van der Waals surface area (Å²) in [5, 5.41) is 9.58. The monoisotopic (exact) mass is 533 g/mol. The van der Waals surface area contributed by atoms with Gasteiger partial charge in [-0.1, -0.05) is 43.3 Å². The summed E-state index contributed by atoms with van der Waals surface area (Å²) in [5.41, 5.74) is 9.80. The summed E-state index contributed by atoms with van der Waals surface area (Å²) in [6, 6.07) is 13.7. The first-order valence-corrected chi connectivity index (χ1v) is 12.4. The largest absolute Gasteiger partial charge is 0.477 e. The first-order chi connectivity index (χ1) is 18.7. The molecule has 0 bridgehead atoms. The van der Waals surface area contributed by atoms with Crippen LogP contribution >= 0.6 is 0 Å². The van der Waals surface area contributed by atoms with Crippen LogP contribution in [0.15, 0.2) is 54.7 Å². The van der Waals surface area contributed by atoms with E-state index in [1.165, 1.54) is 12.1 Å². The van der Waals surface area contributed by atoms with E-state index < -0.39 is 23.9 Å². The van der Waals surface area contributed by atoms with Crippen molar-refractivity contribution >= 4 is 23.2 Å². The molecule has 3 N–H and O–H groups in total. The molecule has 2 heterocycles. The molecule has 202 valence electrons. The van der Waals surface area contributed by atoms with Crippen molar-refractivity contribution in [1.82, 2.24) is 9.38 Å². The number of aryl methyl sites for hydroxylation is 1. The van der Waals surface area contributed by atoms with Gasteiger partial charge >= 0.3 is 12.3 Å². The molecule has 0 aliphatic rings. The summed E-state index contributed by atoms with van der Waals surface area (Å²) in [4.78, 5) is 41.4. The number of nitrogens with zero attached hydrogens (tertiary/aromatic N) is 2. The highest BCUT2D eigenvalue weighted by Crippen LogP contribution is 2.35. The zero-order valence-corrected chi connectivity index (χ0v) is 21.7. The fourth-order valence-corrected chi connectivity index (χ4v) is 4.67. The molecule has 0 spiro atoms. The number of carboxylic acid groups (broad SMARTS) is 1. The first kappa shape index (κ1) is 27.5. The maximum atomic E-state index is 13.6. The van der Waals surface area contributed by atoms with Gasteiger partial charge < -0.3 is 24.7 Å². The minimum atomic E-state index is -1.69. The average Bonchev–Trinajstić information content (AvgIpc) is 3.21. The molecular weight excluding hydrogens is 505 g/mol. The van der Waals surface area contributed by atoms with Crippen molar-refractivity contribution in [2.24, 2.45) is 5.73 Å². The number of aromatic nitrogens is 2. The third-order valence-corrected chi connectivity index (χ3v) is 6.29. The molecule has 0 saturated heterocycles. The lowest BCUT2D eigenvalue weighted by molar-refractivity contribution is -0.170. The van der Waals surface area contributed by atoms with E-state index >= 15 is 0 Å². The Kier molecular flexibility index (Phi) is 8.06. The van der Waals surface area contributed by atoms with Crippen molar-refractivity contribution < 1.29 is 33.4 Å². The van der Waals surface area contributed by atoms with E-state index in [2.05, 4.69) is 4.98 Å². The van der Waals surface area contributed by atoms with E-state index in [1.807, 2.05) is 31.2 Å². The van der Waals surface area contributed by atoms with E-state index in [4.69, 9.17) is 15.2 Å². The predicted octanol–water partition coefficient (Wildman–Crippen LogP) is 4.10. The van der Waals surface area contributed by atoms with Crippen LogP contribution in [0.5, 0.6) is 5.88 Å². The maximum absolute atomic E-state index is 13.6. The Morgan fingerprint density at radius 1 is 1.10 bits per heavy atom. The van der Waals surface area contributed by atoms with Gasteiger partial charge in [-0.3, -0.25) is 9.59 Å². The smallest absolute Gasteiger partial charge is 0.373 e. The van der Waals surface area contributed by atoms with Gasteiger partial charge in [0.1, 0.15) is 11.3 Å². The molecule has 0 saturated carbocycles. The van der Waals surface area contributed by atoms with Crippen molar-refractivity contribution in [3.05, 3.63) is 88.6 Å². The van der Waals surface area contributed by atoms with Gasteiger partial charge in [0.25, 0.3) is 11.7 Å². The Bertz CT molecular complexity index is 1560. The van der Waals surface area contributed by atoms with Crippen LogP contribution < -0.4 is 10.5 Å². The van der Waals surface area contributed by atoms with Crippen LogP contribution in [0, 0.1) is 12.7 Å². The number of Topliss-reactive ketones (excluding diaryl/α,β-unsaturated/α-hetero) is 1. The first-order valence-electron chi connectivity index (χ1n) is 12.4. The van der Waals surface area contributed by atoms with E-state index in [-0.39, 0.29) is 29.4 Å². The standard InChI is InChI=1S/C29H28FN3O6/c1-4-20-22(14-18-8-6-7-9-21(18)17-10-12-19(30)13-11-17)33-15-16(3)32-27(39-29(28(36)37)38-5-2)24(33)23(20)25(34)26(31)35/h6-13,15,29H,4-5,14H2,1-3H3,(H2,31,35)(H,36,37). The fourth-order valence-electron chi connectivity index (χ4n) is 4.67. The highest BCUT2D eigenvalue weighted by Gasteiger charge is 2.31. The lowest BCUT2D eigenvalue weighted by Gasteiger charge is -2.16. The number of ketones is 1. The zero-order chi connectivity index (χ0) is 28.3. The number of halogens is 1. The van der Waals surface area contributed by atoms with Crippen molar-refractivity contribution in [1.29, 1.82) is 0 Å². The van der Waals surface area contributed by atoms with Gasteiger partial charge in [-0.05, 0) is 54.7 Å². The van der Waals surface area contributed by atoms with Crippen LogP contribution in [0.1, 0.15) is 46.7 Å². The number of carbonyl (C=O) groups is 3. The van der Waals surface area contributed by atoms with Gasteiger partial charge in [-0.15, -0.1) is 0 Å². The summed E-state index contributed by atoms with van der Waals surface area (Å²) < 4.78 is 26.1. The molecule has 1 atom stereocenters. The molecule has 39 heavy (non-hydrogen) atoms. The Labute approximate surface area is 224 Å². The fraction of sp³-hybridized carbons (Fsp3) is 0.241. The van der Waals surface area contributed by atoms with Crippen LogP contribution in [-0.4, -0.2) is 45.0 Å². The molecular formula is C29H28FN3O6. The third-order valence-electron chi connectivity index (χ3n) is 6.29. The number of benzene rings is 2. The van der Waals surface area contributed by atoms with Gasteiger partial charge in [-0.2, -0.15) is 0 Å². The minimum Gasteiger partial charge on any atom is -0.477 e. The molecule has 0 fully saturated rings. The molecule has 4 aromatic rings. The van der Waals surface area contributed by atoms with E-state index in [0.717, 1.165) is 16.7 Å². The Balaban J connectivity index is 1.98. The molecule has 0 aliphatic carbocycles. The topological polar surface area (TPSA) is 133 Å². The number of amides is 1. The molecule has 1 amide bonds. The van der Waals surface area contributed by atoms with Crippen molar-refractivity contribution in [2.75, 3.05) is 6.61 Å². The third kappa shape index (κ3) is 5.51. The van der Waals surface area contributed by atoms with Gasteiger partial charge in [0, 0.05) is 24.9 Å². The summed E-state index contributed by atoms with van der Waals surface area (Å²) in [6.07, 6.45) is 0.676. The number of fused-ring (bicyclic) bond motifs is 1. The van der Waals surface area contributed by atoms with Gasteiger partial charge in [0.15, 0.2) is 0 Å². The minimum absolute atomic E-state index is 0.00222. The van der Waals surface area contributed by atoms with E-state index in [9.17, 15) is 23.9 Å². The van der Waals surface area contributed by atoms with Crippen LogP contribution in [0.25, 0.3) is 16.6 Å². The SMILES string of the molecule is CCOC(Oc1nc(C)cn2c(Cc3ccccc3-c3ccc(F)cc3)c(CC)c(C(=O)C(N)=O)c12)C(=O)O. The van der Waals surface area contributed by atoms with Crippen molar-refractivity contribution in [3.8, 4) is 17.0 Å². The highest BCUT2D eigenvalue weighted by molar-refractivity contribution is 6.44. The van der Waals surface area contributed by atoms with Crippen LogP contribution in [0.2, 0.25) is 0 Å². The Hall–Kier alpha value is -4.57. The number of hydrogen-bond donors (Lipinski definition) is 2. The second-order valence-electron chi connectivity index (χ2n) is 8.84. The predicted molar refractivity (Wildman–Crippen MR) is 141 cm³/mol. The molecule has 4 rings (SSSR count). The molecule has 2 aromatic heterocycles. The number of ether oxygens (including phenoxy) is 2. The number of primary amides is 1.